The Kier molecular flexibility index (Phi) is 5.03. The highest BCUT2D eigenvalue weighted by Gasteiger charge is 2.48. The van der Waals surface area contributed by atoms with Crippen molar-refractivity contribution in [3.8, 4) is 0 Å². The summed E-state index contributed by atoms with van der Waals surface area (Å²) in [6.07, 6.45) is 5.40. The van der Waals surface area contributed by atoms with Crippen molar-refractivity contribution in [1.82, 2.24) is 4.90 Å². The molecule has 2 N–H and O–H groups in total. The van der Waals surface area contributed by atoms with Crippen LogP contribution in [0.25, 0.3) is 0 Å². The van der Waals surface area contributed by atoms with Gasteiger partial charge in [0.1, 0.15) is 0 Å². The van der Waals surface area contributed by atoms with Gasteiger partial charge in [-0.3, -0.25) is 4.90 Å². The fourth-order valence-corrected chi connectivity index (χ4v) is 3.36. The van der Waals surface area contributed by atoms with E-state index in [1.165, 1.54) is 38.8 Å². The smallest absolute Gasteiger partial charge is 0.0326 e. The molecule has 1 heterocycles. The molecule has 1 rings (SSSR count). The predicted molar refractivity (Wildman–Crippen MR) is 76.1 cm³/mol. The monoisotopic (exact) mass is 240 g/mol. The molecule has 1 atom stereocenters. The SMILES string of the molecule is CCCC1(CCC)CN(C(C)(CN)C(C)C)C1. The minimum Gasteiger partial charge on any atom is -0.329 e. The van der Waals surface area contributed by atoms with E-state index in [0.29, 0.717) is 11.3 Å². The molecule has 2 heteroatoms. The number of likely N-dealkylation sites (tertiary alicyclic amines) is 1. The second-order valence-electron chi connectivity index (χ2n) is 6.57. The third kappa shape index (κ3) is 2.85. The number of hydrogen-bond acceptors (Lipinski definition) is 2. The molecule has 1 aliphatic heterocycles. The van der Waals surface area contributed by atoms with Crippen LogP contribution >= 0.6 is 0 Å². The molecule has 1 aliphatic rings. The molecule has 1 unspecified atom stereocenters. The maximum Gasteiger partial charge on any atom is 0.0326 e. The molecule has 17 heavy (non-hydrogen) atoms. The average molecular weight is 240 g/mol. The molecule has 0 spiro atoms. The highest BCUT2D eigenvalue weighted by Crippen LogP contribution is 2.44. The van der Waals surface area contributed by atoms with E-state index in [0.717, 1.165) is 6.54 Å². The lowest BCUT2D eigenvalue weighted by atomic mass is 9.69. The van der Waals surface area contributed by atoms with E-state index in [4.69, 9.17) is 5.73 Å². The summed E-state index contributed by atoms with van der Waals surface area (Å²) in [6, 6.07) is 0. The van der Waals surface area contributed by atoms with Crippen LogP contribution in [0.2, 0.25) is 0 Å². The Hall–Kier alpha value is -0.0800. The van der Waals surface area contributed by atoms with Crippen LogP contribution in [0.4, 0.5) is 0 Å². The fraction of sp³-hybridized carbons (Fsp3) is 1.00. The standard InChI is InChI=1S/C15H32N2/c1-6-8-15(9-7-2)11-17(12-15)14(5,10-16)13(3)4/h13H,6-12,16H2,1-5H3. The zero-order valence-corrected chi connectivity index (χ0v) is 12.6. The first-order chi connectivity index (χ1) is 7.94. The van der Waals surface area contributed by atoms with Crippen molar-refractivity contribution < 1.29 is 0 Å². The molecule has 102 valence electrons. The van der Waals surface area contributed by atoms with Crippen molar-refractivity contribution in [1.29, 1.82) is 0 Å². The molecular formula is C15H32N2. The lowest BCUT2D eigenvalue weighted by Gasteiger charge is -2.59. The predicted octanol–water partition coefficient (Wildman–Crippen LogP) is 3.26. The maximum absolute atomic E-state index is 6.01. The molecule has 1 fully saturated rings. The molecule has 0 aromatic rings. The molecule has 0 amide bonds. The number of hydrogen-bond donors (Lipinski definition) is 1. The van der Waals surface area contributed by atoms with Crippen molar-refractivity contribution in [2.24, 2.45) is 17.1 Å². The third-order valence-corrected chi connectivity index (χ3v) is 4.99. The van der Waals surface area contributed by atoms with Gasteiger partial charge < -0.3 is 5.73 Å². The van der Waals surface area contributed by atoms with Crippen molar-refractivity contribution >= 4 is 0 Å². The Bertz CT molecular complexity index is 223. The summed E-state index contributed by atoms with van der Waals surface area (Å²) in [5.41, 5.74) is 6.82. The van der Waals surface area contributed by atoms with Gasteiger partial charge in [-0.2, -0.15) is 0 Å². The lowest BCUT2D eigenvalue weighted by Crippen LogP contribution is -2.68. The topological polar surface area (TPSA) is 29.3 Å². The minimum absolute atomic E-state index is 0.199. The first-order valence-electron chi connectivity index (χ1n) is 7.39. The highest BCUT2D eigenvalue weighted by molar-refractivity contribution is 5.03. The van der Waals surface area contributed by atoms with E-state index < -0.39 is 0 Å². The normalized spacial score (nSPS) is 23.5. The van der Waals surface area contributed by atoms with Crippen molar-refractivity contribution in [3.63, 3.8) is 0 Å². The van der Waals surface area contributed by atoms with E-state index in [1.807, 2.05) is 0 Å². The van der Waals surface area contributed by atoms with Crippen LogP contribution in [0.1, 0.15) is 60.3 Å². The van der Waals surface area contributed by atoms with Gasteiger partial charge in [0.05, 0.1) is 0 Å². The third-order valence-electron chi connectivity index (χ3n) is 4.99. The van der Waals surface area contributed by atoms with Gasteiger partial charge in [0.15, 0.2) is 0 Å². The van der Waals surface area contributed by atoms with Crippen LogP contribution in [0.3, 0.4) is 0 Å². The highest BCUT2D eigenvalue weighted by atomic mass is 15.3. The van der Waals surface area contributed by atoms with Gasteiger partial charge in [-0.1, -0.05) is 40.5 Å². The molecule has 0 aliphatic carbocycles. The number of nitrogens with zero attached hydrogens (tertiary/aromatic N) is 1. The van der Waals surface area contributed by atoms with Crippen LogP contribution in [0.5, 0.6) is 0 Å². The second-order valence-corrected chi connectivity index (χ2v) is 6.57. The van der Waals surface area contributed by atoms with E-state index in [-0.39, 0.29) is 5.54 Å². The van der Waals surface area contributed by atoms with E-state index in [9.17, 15) is 0 Å². The molecule has 2 nitrogen and oxygen atoms in total. The Morgan fingerprint density at radius 1 is 1.18 bits per heavy atom. The Morgan fingerprint density at radius 3 is 1.94 bits per heavy atom. The van der Waals surface area contributed by atoms with Crippen LogP contribution in [0, 0.1) is 11.3 Å². The zero-order valence-electron chi connectivity index (χ0n) is 12.6. The maximum atomic E-state index is 6.01. The molecule has 0 saturated carbocycles. The average Bonchev–Trinajstić information content (AvgIpc) is 2.24. The largest absolute Gasteiger partial charge is 0.329 e. The van der Waals surface area contributed by atoms with Gasteiger partial charge in [-0.05, 0) is 31.1 Å². The van der Waals surface area contributed by atoms with Gasteiger partial charge in [0.2, 0.25) is 0 Å². The number of rotatable bonds is 7. The molecule has 0 aromatic carbocycles. The molecule has 1 saturated heterocycles. The summed E-state index contributed by atoms with van der Waals surface area (Å²) in [7, 11) is 0. The van der Waals surface area contributed by atoms with Crippen molar-refractivity contribution in [2.75, 3.05) is 19.6 Å². The van der Waals surface area contributed by atoms with E-state index in [2.05, 4.69) is 39.5 Å². The minimum atomic E-state index is 0.199. The van der Waals surface area contributed by atoms with Crippen LogP contribution in [-0.2, 0) is 0 Å². The van der Waals surface area contributed by atoms with Crippen LogP contribution < -0.4 is 5.73 Å². The molecule has 0 bridgehead atoms. The van der Waals surface area contributed by atoms with Crippen molar-refractivity contribution in [3.05, 3.63) is 0 Å². The van der Waals surface area contributed by atoms with Crippen LogP contribution in [-0.4, -0.2) is 30.1 Å². The van der Waals surface area contributed by atoms with Gasteiger partial charge >= 0.3 is 0 Å². The Labute approximate surface area is 108 Å². The van der Waals surface area contributed by atoms with Crippen molar-refractivity contribution in [2.45, 2.75) is 65.8 Å². The first-order valence-corrected chi connectivity index (χ1v) is 7.39. The van der Waals surface area contributed by atoms with Gasteiger partial charge in [-0.25, -0.2) is 0 Å². The molecule has 0 aromatic heterocycles. The quantitative estimate of drug-likeness (QED) is 0.740. The Morgan fingerprint density at radius 2 is 1.65 bits per heavy atom. The van der Waals surface area contributed by atoms with Gasteiger partial charge in [-0.15, -0.1) is 0 Å². The second kappa shape index (κ2) is 5.71. The van der Waals surface area contributed by atoms with E-state index >= 15 is 0 Å². The summed E-state index contributed by atoms with van der Waals surface area (Å²) < 4.78 is 0. The number of nitrogens with two attached hydrogens (primary N) is 1. The van der Waals surface area contributed by atoms with Gasteiger partial charge in [0, 0.05) is 25.2 Å². The lowest BCUT2D eigenvalue weighted by molar-refractivity contribution is -0.0949. The summed E-state index contributed by atoms with van der Waals surface area (Å²) in [6.45, 7) is 14.9. The van der Waals surface area contributed by atoms with Crippen LogP contribution in [0.15, 0.2) is 0 Å². The summed E-state index contributed by atoms with van der Waals surface area (Å²) >= 11 is 0. The Balaban J connectivity index is 2.63. The molecular weight excluding hydrogens is 208 g/mol. The first kappa shape index (κ1) is 15.0. The summed E-state index contributed by atoms with van der Waals surface area (Å²) in [4.78, 5) is 2.63. The fourth-order valence-electron chi connectivity index (χ4n) is 3.36. The zero-order chi connectivity index (χ0) is 13.1. The summed E-state index contributed by atoms with van der Waals surface area (Å²) in [5, 5.41) is 0. The molecule has 0 radical (unpaired) electrons. The van der Waals surface area contributed by atoms with Gasteiger partial charge in [0.25, 0.3) is 0 Å². The van der Waals surface area contributed by atoms with E-state index in [1.54, 1.807) is 0 Å². The summed E-state index contributed by atoms with van der Waals surface area (Å²) in [5.74, 6) is 0.633.